The van der Waals surface area contributed by atoms with Gasteiger partial charge in [-0.25, -0.2) is 4.39 Å². The second-order valence-corrected chi connectivity index (χ2v) is 5.75. The highest BCUT2D eigenvalue weighted by Crippen LogP contribution is 2.22. The van der Waals surface area contributed by atoms with E-state index >= 15 is 0 Å². The molecule has 0 radical (unpaired) electrons. The maximum Gasteiger partial charge on any atom is 0.137 e. The summed E-state index contributed by atoms with van der Waals surface area (Å²) >= 11 is 3.18. The molecule has 0 bridgehead atoms. The zero-order valence-corrected chi connectivity index (χ0v) is 12.0. The molecule has 1 aromatic carbocycles. The summed E-state index contributed by atoms with van der Waals surface area (Å²) in [7, 11) is 0. The first-order valence-corrected chi connectivity index (χ1v) is 7.27. The quantitative estimate of drug-likeness (QED) is 0.862. The lowest BCUT2D eigenvalue weighted by molar-refractivity contribution is 0.0194. The number of hydrogen-bond acceptors (Lipinski definition) is 2. The predicted octanol–water partition coefficient (Wildman–Crippen LogP) is 3.76. The third-order valence-electron chi connectivity index (χ3n) is 3.45. The standard InChI is InChI=1S/C14H19BrFNO/c15-11-8-10(6-7-12(11)16)9-18-14-5-3-1-2-4-13(14)17/h6-8,13-14H,1-5,9,17H2. The number of halogens is 2. The van der Waals surface area contributed by atoms with E-state index < -0.39 is 0 Å². The Kier molecular flexibility index (Phi) is 5.15. The van der Waals surface area contributed by atoms with Crippen LogP contribution in [0.1, 0.15) is 37.7 Å². The van der Waals surface area contributed by atoms with Gasteiger partial charge in [-0.3, -0.25) is 0 Å². The molecule has 2 atom stereocenters. The Hall–Kier alpha value is -0.450. The van der Waals surface area contributed by atoms with Gasteiger partial charge < -0.3 is 10.5 Å². The van der Waals surface area contributed by atoms with Gasteiger partial charge in [0.05, 0.1) is 17.2 Å². The highest BCUT2D eigenvalue weighted by atomic mass is 79.9. The summed E-state index contributed by atoms with van der Waals surface area (Å²) in [4.78, 5) is 0. The van der Waals surface area contributed by atoms with Crippen LogP contribution in [0.4, 0.5) is 4.39 Å². The molecule has 2 N–H and O–H groups in total. The molecular formula is C14H19BrFNO. The van der Waals surface area contributed by atoms with Gasteiger partial charge in [0.2, 0.25) is 0 Å². The van der Waals surface area contributed by atoms with Gasteiger partial charge >= 0.3 is 0 Å². The van der Waals surface area contributed by atoms with E-state index in [0.29, 0.717) is 11.1 Å². The fourth-order valence-electron chi connectivity index (χ4n) is 2.34. The summed E-state index contributed by atoms with van der Waals surface area (Å²) in [5.41, 5.74) is 7.07. The largest absolute Gasteiger partial charge is 0.372 e. The minimum Gasteiger partial charge on any atom is -0.372 e. The van der Waals surface area contributed by atoms with Gasteiger partial charge in [-0.1, -0.05) is 25.3 Å². The summed E-state index contributed by atoms with van der Waals surface area (Å²) < 4.78 is 19.5. The Morgan fingerprint density at radius 2 is 2.06 bits per heavy atom. The Labute approximate surface area is 116 Å². The molecule has 18 heavy (non-hydrogen) atoms. The van der Waals surface area contributed by atoms with Crippen LogP contribution in [0.5, 0.6) is 0 Å². The smallest absolute Gasteiger partial charge is 0.137 e. The lowest BCUT2D eigenvalue weighted by Gasteiger charge is -2.22. The minimum atomic E-state index is -0.245. The molecule has 1 aliphatic carbocycles. The van der Waals surface area contributed by atoms with Crippen LogP contribution in [-0.4, -0.2) is 12.1 Å². The summed E-state index contributed by atoms with van der Waals surface area (Å²) in [6.07, 6.45) is 5.84. The lowest BCUT2D eigenvalue weighted by atomic mass is 10.1. The van der Waals surface area contributed by atoms with E-state index in [1.807, 2.05) is 0 Å². The van der Waals surface area contributed by atoms with Crippen molar-refractivity contribution in [3.63, 3.8) is 0 Å². The molecule has 2 unspecified atom stereocenters. The van der Waals surface area contributed by atoms with E-state index in [9.17, 15) is 4.39 Å². The Bertz CT molecular complexity index is 399. The van der Waals surface area contributed by atoms with Gasteiger partial charge in [0, 0.05) is 6.04 Å². The second-order valence-electron chi connectivity index (χ2n) is 4.90. The molecule has 4 heteroatoms. The molecule has 1 saturated carbocycles. The Morgan fingerprint density at radius 3 is 2.83 bits per heavy atom. The molecular weight excluding hydrogens is 297 g/mol. The van der Waals surface area contributed by atoms with Crippen molar-refractivity contribution in [1.29, 1.82) is 0 Å². The van der Waals surface area contributed by atoms with Crippen molar-refractivity contribution in [2.24, 2.45) is 5.73 Å². The van der Waals surface area contributed by atoms with Gasteiger partial charge in [-0.05, 0) is 46.5 Å². The SMILES string of the molecule is NC1CCCCCC1OCc1ccc(F)c(Br)c1. The molecule has 0 aromatic heterocycles. The van der Waals surface area contributed by atoms with Crippen LogP contribution in [0.25, 0.3) is 0 Å². The number of hydrogen-bond donors (Lipinski definition) is 1. The molecule has 0 aliphatic heterocycles. The van der Waals surface area contributed by atoms with Gasteiger partial charge in [0.25, 0.3) is 0 Å². The van der Waals surface area contributed by atoms with Gasteiger partial charge in [-0.15, -0.1) is 0 Å². The monoisotopic (exact) mass is 315 g/mol. The van der Waals surface area contributed by atoms with Crippen molar-refractivity contribution in [3.05, 3.63) is 34.1 Å². The normalized spacial score (nSPS) is 24.8. The van der Waals surface area contributed by atoms with Crippen molar-refractivity contribution >= 4 is 15.9 Å². The topological polar surface area (TPSA) is 35.2 Å². The zero-order valence-electron chi connectivity index (χ0n) is 10.4. The Morgan fingerprint density at radius 1 is 1.28 bits per heavy atom. The van der Waals surface area contributed by atoms with E-state index in [4.69, 9.17) is 10.5 Å². The predicted molar refractivity (Wildman–Crippen MR) is 73.7 cm³/mol. The highest BCUT2D eigenvalue weighted by Gasteiger charge is 2.20. The lowest BCUT2D eigenvalue weighted by Crippen LogP contribution is -2.35. The van der Waals surface area contributed by atoms with Crippen molar-refractivity contribution in [3.8, 4) is 0 Å². The van der Waals surface area contributed by atoms with E-state index in [-0.39, 0.29) is 18.0 Å². The van der Waals surface area contributed by atoms with Crippen LogP contribution in [0, 0.1) is 5.82 Å². The van der Waals surface area contributed by atoms with Crippen LogP contribution in [-0.2, 0) is 11.3 Å². The van der Waals surface area contributed by atoms with Gasteiger partial charge in [0.15, 0.2) is 0 Å². The van der Waals surface area contributed by atoms with Crippen molar-refractivity contribution in [1.82, 2.24) is 0 Å². The minimum absolute atomic E-state index is 0.135. The number of ether oxygens (including phenoxy) is 1. The van der Waals surface area contributed by atoms with Crippen LogP contribution < -0.4 is 5.73 Å². The number of rotatable bonds is 3. The summed E-state index contributed by atoms with van der Waals surface area (Å²) in [5, 5.41) is 0. The fourth-order valence-corrected chi connectivity index (χ4v) is 2.77. The third kappa shape index (κ3) is 3.77. The molecule has 0 heterocycles. The second kappa shape index (κ2) is 6.64. The first-order chi connectivity index (χ1) is 8.66. The number of nitrogens with two attached hydrogens (primary N) is 1. The number of benzene rings is 1. The van der Waals surface area contributed by atoms with Crippen LogP contribution in [0.15, 0.2) is 22.7 Å². The maximum absolute atomic E-state index is 13.1. The van der Waals surface area contributed by atoms with Crippen LogP contribution >= 0.6 is 15.9 Å². The molecule has 0 amide bonds. The van der Waals surface area contributed by atoms with Crippen LogP contribution in [0.2, 0.25) is 0 Å². The van der Waals surface area contributed by atoms with E-state index in [1.165, 1.54) is 25.3 Å². The molecule has 0 saturated heterocycles. The van der Waals surface area contributed by atoms with E-state index in [1.54, 1.807) is 12.1 Å². The molecule has 1 aromatic rings. The van der Waals surface area contributed by atoms with E-state index in [0.717, 1.165) is 18.4 Å². The van der Waals surface area contributed by atoms with E-state index in [2.05, 4.69) is 15.9 Å². The third-order valence-corrected chi connectivity index (χ3v) is 4.06. The highest BCUT2D eigenvalue weighted by molar-refractivity contribution is 9.10. The van der Waals surface area contributed by atoms with Gasteiger partial charge in [-0.2, -0.15) is 0 Å². The average molecular weight is 316 g/mol. The average Bonchev–Trinajstić information content (AvgIpc) is 2.56. The Balaban J connectivity index is 1.91. The summed E-state index contributed by atoms with van der Waals surface area (Å²) in [5.74, 6) is -0.245. The fraction of sp³-hybridized carbons (Fsp3) is 0.571. The molecule has 2 nitrogen and oxygen atoms in total. The first-order valence-electron chi connectivity index (χ1n) is 6.48. The van der Waals surface area contributed by atoms with Gasteiger partial charge in [0.1, 0.15) is 5.82 Å². The zero-order chi connectivity index (χ0) is 13.0. The summed E-state index contributed by atoms with van der Waals surface area (Å²) in [6, 6.07) is 5.10. The molecule has 0 spiro atoms. The van der Waals surface area contributed by atoms with Crippen LogP contribution in [0.3, 0.4) is 0 Å². The molecule has 1 fully saturated rings. The van der Waals surface area contributed by atoms with Crippen molar-refractivity contribution < 1.29 is 9.13 Å². The molecule has 1 aliphatic rings. The van der Waals surface area contributed by atoms with Crippen molar-refractivity contribution in [2.75, 3.05) is 0 Å². The molecule has 2 rings (SSSR count). The first kappa shape index (κ1) is 14.0. The summed E-state index contributed by atoms with van der Waals surface area (Å²) in [6.45, 7) is 0.497. The van der Waals surface area contributed by atoms with Crippen molar-refractivity contribution in [2.45, 2.75) is 50.9 Å². The maximum atomic E-state index is 13.1. The molecule has 100 valence electrons.